The highest BCUT2D eigenvalue weighted by Gasteiger charge is 2.32. The Morgan fingerprint density at radius 3 is 2.45 bits per heavy atom. The largest absolute Gasteiger partial charge is 0.480 e. The van der Waals surface area contributed by atoms with E-state index in [0.717, 1.165) is 18.2 Å². The molecule has 0 aliphatic heterocycles. The molecule has 20 heavy (non-hydrogen) atoms. The fourth-order valence-electron chi connectivity index (χ4n) is 1.40. The third-order valence-electron chi connectivity index (χ3n) is 2.48. The van der Waals surface area contributed by atoms with Crippen molar-refractivity contribution in [1.29, 1.82) is 0 Å². The number of rotatable bonds is 5. The van der Waals surface area contributed by atoms with Crippen molar-refractivity contribution in [3.63, 3.8) is 0 Å². The Kier molecular flexibility index (Phi) is 4.77. The monoisotopic (exact) mass is 311 g/mol. The summed E-state index contributed by atoms with van der Waals surface area (Å²) in [7, 11) is -4.33. The lowest BCUT2D eigenvalue weighted by atomic mass is 10.2. The fraction of sp³-hybridized carbons (Fsp3) is 0.364. The van der Waals surface area contributed by atoms with Crippen molar-refractivity contribution in [1.82, 2.24) is 4.72 Å². The second-order valence-electron chi connectivity index (χ2n) is 3.95. The molecule has 9 heteroatoms. The van der Waals surface area contributed by atoms with Crippen LogP contribution in [0, 0.1) is 0 Å². The molecular weight excluding hydrogens is 299 g/mol. The molecule has 0 radical (unpaired) electrons. The van der Waals surface area contributed by atoms with Crippen LogP contribution < -0.4 is 4.72 Å². The normalized spacial score (nSPS) is 14.0. The molecule has 0 aliphatic carbocycles. The summed E-state index contributed by atoms with van der Waals surface area (Å²) in [6.07, 6.45) is -4.71. The standard InChI is InChI=1S/C11H12F3NO4S/c1-2-9(10(16)17)15-20(18,19)8-5-3-4-7(6-8)11(12,13)14/h3-6,9,15H,2H2,1H3,(H,16,17)/t9-/m1/s1. The van der Waals surface area contributed by atoms with E-state index < -0.39 is 38.7 Å². The van der Waals surface area contributed by atoms with Gasteiger partial charge < -0.3 is 5.11 Å². The Bertz CT molecular complexity index is 598. The van der Waals surface area contributed by atoms with Crippen molar-refractivity contribution >= 4 is 16.0 Å². The number of benzene rings is 1. The van der Waals surface area contributed by atoms with E-state index in [1.165, 1.54) is 6.92 Å². The number of hydrogen-bond acceptors (Lipinski definition) is 3. The zero-order valence-corrected chi connectivity index (χ0v) is 11.1. The van der Waals surface area contributed by atoms with Crippen LogP contribution in [0.25, 0.3) is 0 Å². The Balaban J connectivity index is 3.13. The summed E-state index contributed by atoms with van der Waals surface area (Å²) < 4.78 is 63.0. The zero-order valence-electron chi connectivity index (χ0n) is 10.3. The number of carbonyl (C=O) groups is 1. The molecule has 1 atom stereocenters. The number of carboxylic acid groups (broad SMARTS) is 1. The molecule has 0 amide bonds. The molecule has 1 aromatic carbocycles. The van der Waals surface area contributed by atoms with E-state index in [4.69, 9.17) is 5.11 Å². The first-order chi connectivity index (χ1) is 9.08. The van der Waals surface area contributed by atoms with Gasteiger partial charge in [-0.15, -0.1) is 0 Å². The SMILES string of the molecule is CC[C@@H](NS(=O)(=O)c1cccc(C(F)(F)F)c1)C(=O)O. The molecule has 2 N–H and O–H groups in total. The van der Waals surface area contributed by atoms with Crippen LogP contribution in [0.5, 0.6) is 0 Å². The molecule has 0 aromatic heterocycles. The second kappa shape index (κ2) is 5.80. The van der Waals surface area contributed by atoms with Gasteiger partial charge in [0.05, 0.1) is 10.5 Å². The molecule has 1 aromatic rings. The molecule has 112 valence electrons. The van der Waals surface area contributed by atoms with E-state index in [0.29, 0.717) is 6.07 Å². The number of hydrogen-bond donors (Lipinski definition) is 2. The first-order valence-corrected chi connectivity index (χ1v) is 6.98. The van der Waals surface area contributed by atoms with Crippen molar-refractivity contribution in [2.75, 3.05) is 0 Å². The minimum atomic E-state index is -4.68. The van der Waals surface area contributed by atoms with E-state index in [-0.39, 0.29) is 6.42 Å². The number of aliphatic carboxylic acids is 1. The van der Waals surface area contributed by atoms with E-state index >= 15 is 0 Å². The van der Waals surface area contributed by atoms with Crippen LogP contribution in [0.3, 0.4) is 0 Å². The highest BCUT2D eigenvalue weighted by molar-refractivity contribution is 7.89. The van der Waals surface area contributed by atoms with Crippen molar-refractivity contribution in [2.45, 2.75) is 30.5 Å². The molecule has 0 fully saturated rings. The van der Waals surface area contributed by atoms with Crippen molar-refractivity contribution in [3.05, 3.63) is 29.8 Å². The third-order valence-corrected chi connectivity index (χ3v) is 3.94. The van der Waals surface area contributed by atoms with E-state index in [1.54, 1.807) is 0 Å². The number of nitrogens with one attached hydrogen (secondary N) is 1. The van der Waals surface area contributed by atoms with Crippen LogP contribution in [0.15, 0.2) is 29.2 Å². The number of halogens is 3. The Hall–Kier alpha value is -1.61. The molecule has 1 rings (SSSR count). The van der Waals surface area contributed by atoms with Gasteiger partial charge in [-0.05, 0) is 24.6 Å². The fourth-order valence-corrected chi connectivity index (χ4v) is 2.72. The lowest BCUT2D eigenvalue weighted by Crippen LogP contribution is -2.40. The molecule has 0 heterocycles. The molecule has 0 unspecified atom stereocenters. The highest BCUT2D eigenvalue weighted by atomic mass is 32.2. The lowest BCUT2D eigenvalue weighted by molar-refractivity contribution is -0.139. The average molecular weight is 311 g/mol. The minimum Gasteiger partial charge on any atom is -0.480 e. The average Bonchev–Trinajstić information content (AvgIpc) is 2.35. The van der Waals surface area contributed by atoms with Gasteiger partial charge in [0.1, 0.15) is 6.04 Å². The molecule has 0 saturated heterocycles. The highest BCUT2D eigenvalue weighted by Crippen LogP contribution is 2.30. The summed E-state index contributed by atoms with van der Waals surface area (Å²) in [5.41, 5.74) is -1.12. The van der Waals surface area contributed by atoms with Gasteiger partial charge in [0.25, 0.3) is 0 Å². The van der Waals surface area contributed by atoms with Crippen LogP contribution in [0.2, 0.25) is 0 Å². The summed E-state index contributed by atoms with van der Waals surface area (Å²) in [5, 5.41) is 8.76. The van der Waals surface area contributed by atoms with Gasteiger partial charge in [0.15, 0.2) is 0 Å². The first-order valence-electron chi connectivity index (χ1n) is 5.50. The first kappa shape index (κ1) is 16.4. The second-order valence-corrected chi connectivity index (χ2v) is 5.66. The summed E-state index contributed by atoms with van der Waals surface area (Å²) >= 11 is 0. The maximum atomic E-state index is 12.5. The summed E-state index contributed by atoms with van der Waals surface area (Å²) in [5.74, 6) is -1.40. The molecule has 0 bridgehead atoms. The Morgan fingerprint density at radius 2 is 2.00 bits per heavy atom. The quantitative estimate of drug-likeness (QED) is 0.869. The van der Waals surface area contributed by atoms with Gasteiger partial charge >= 0.3 is 12.1 Å². The number of sulfonamides is 1. The topological polar surface area (TPSA) is 83.5 Å². The smallest absolute Gasteiger partial charge is 0.416 e. The van der Waals surface area contributed by atoms with Crippen LogP contribution in [-0.2, 0) is 21.0 Å². The molecular formula is C11H12F3NO4S. The van der Waals surface area contributed by atoms with Crippen LogP contribution in [0.1, 0.15) is 18.9 Å². The van der Waals surface area contributed by atoms with Gasteiger partial charge in [0, 0.05) is 0 Å². The summed E-state index contributed by atoms with van der Waals surface area (Å²) in [4.78, 5) is 10.1. The van der Waals surface area contributed by atoms with E-state index in [9.17, 15) is 26.4 Å². The Labute approximate surface area is 113 Å². The van der Waals surface area contributed by atoms with Crippen molar-refractivity contribution < 1.29 is 31.5 Å². The predicted molar refractivity (Wildman–Crippen MR) is 63.5 cm³/mol. The predicted octanol–water partition coefficient (Wildman–Crippen LogP) is 1.85. The lowest BCUT2D eigenvalue weighted by Gasteiger charge is -2.14. The molecule has 5 nitrogen and oxygen atoms in total. The van der Waals surface area contributed by atoms with E-state index in [1.807, 2.05) is 4.72 Å². The molecule has 0 saturated carbocycles. The molecule has 0 aliphatic rings. The Morgan fingerprint density at radius 1 is 1.40 bits per heavy atom. The minimum absolute atomic E-state index is 0.0342. The zero-order chi connectivity index (χ0) is 15.6. The van der Waals surface area contributed by atoms with E-state index in [2.05, 4.69) is 0 Å². The van der Waals surface area contributed by atoms with Crippen LogP contribution in [0.4, 0.5) is 13.2 Å². The van der Waals surface area contributed by atoms with Crippen molar-refractivity contribution in [3.8, 4) is 0 Å². The van der Waals surface area contributed by atoms with Gasteiger partial charge in [-0.3, -0.25) is 4.79 Å². The third kappa shape index (κ3) is 3.94. The maximum Gasteiger partial charge on any atom is 0.416 e. The number of carboxylic acids is 1. The van der Waals surface area contributed by atoms with Gasteiger partial charge in [-0.1, -0.05) is 13.0 Å². The van der Waals surface area contributed by atoms with Gasteiger partial charge in [-0.25, -0.2) is 8.42 Å². The van der Waals surface area contributed by atoms with Gasteiger partial charge in [0.2, 0.25) is 10.0 Å². The summed E-state index contributed by atoms with van der Waals surface area (Å²) in [6.45, 7) is 1.44. The number of alkyl halides is 3. The molecule has 0 spiro atoms. The van der Waals surface area contributed by atoms with Crippen LogP contribution in [-0.4, -0.2) is 25.5 Å². The van der Waals surface area contributed by atoms with Gasteiger partial charge in [-0.2, -0.15) is 17.9 Å². The maximum absolute atomic E-state index is 12.5. The summed E-state index contributed by atoms with van der Waals surface area (Å²) in [6, 6.07) is 1.70. The van der Waals surface area contributed by atoms with Crippen LogP contribution >= 0.6 is 0 Å². The van der Waals surface area contributed by atoms with Crippen molar-refractivity contribution in [2.24, 2.45) is 0 Å².